The van der Waals surface area contributed by atoms with Crippen molar-refractivity contribution in [2.24, 2.45) is 0 Å². The Morgan fingerprint density at radius 2 is 1.71 bits per heavy atom. The number of aliphatic hydroxyl groups is 3. The van der Waals surface area contributed by atoms with E-state index in [0.29, 0.717) is 6.42 Å². The molecule has 0 fully saturated rings. The molecule has 2 atom stereocenters. The summed E-state index contributed by atoms with van der Waals surface area (Å²) in [7, 11) is 0. The molecule has 3 N–H and O–H groups in total. The van der Waals surface area contributed by atoms with Gasteiger partial charge in [0.25, 0.3) is 0 Å². The highest BCUT2D eigenvalue weighted by Crippen LogP contribution is 2.09. The van der Waals surface area contributed by atoms with Gasteiger partial charge in [-0.3, -0.25) is 0 Å². The Hall–Kier alpha value is -0.540. The van der Waals surface area contributed by atoms with E-state index in [4.69, 9.17) is 5.11 Å². The molecule has 0 amide bonds. The lowest BCUT2D eigenvalue weighted by Crippen LogP contribution is -2.23. The maximum Gasteiger partial charge on any atom is 0.101 e. The summed E-state index contributed by atoms with van der Waals surface area (Å²) in [4.78, 5) is 0. The van der Waals surface area contributed by atoms with Gasteiger partial charge in [-0.2, -0.15) is 0 Å². The molecule has 0 bridgehead atoms. The Bertz CT molecular complexity index is 145. The van der Waals surface area contributed by atoms with E-state index in [0.717, 1.165) is 19.1 Å². The van der Waals surface area contributed by atoms with E-state index < -0.39 is 12.2 Å². The quantitative estimate of drug-likeness (QED) is 0.417. The van der Waals surface area contributed by atoms with Gasteiger partial charge >= 0.3 is 0 Å². The largest absolute Gasteiger partial charge is 0.516 e. The lowest BCUT2D eigenvalue weighted by molar-refractivity contribution is 0.0404. The lowest BCUT2D eigenvalue weighted by Gasteiger charge is -2.13. The Balaban J connectivity index is 3.38. The van der Waals surface area contributed by atoms with Crippen molar-refractivity contribution >= 4 is 0 Å². The van der Waals surface area contributed by atoms with Crippen LogP contribution >= 0.6 is 0 Å². The molecule has 0 heterocycles. The van der Waals surface area contributed by atoms with Gasteiger partial charge in [-0.05, 0) is 12.5 Å². The van der Waals surface area contributed by atoms with Crippen LogP contribution in [0, 0.1) is 0 Å². The summed E-state index contributed by atoms with van der Waals surface area (Å²) in [5, 5.41) is 27.0. The molecule has 0 aliphatic heterocycles. The van der Waals surface area contributed by atoms with Crippen LogP contribution in [0.2, 0.25) is 0 Å². The maximum atomic E-state index is 9.39. The van der Waals surface area contributed by atoms with Crippen LogP contribution in [0.4, 0.5) is 0 Å². The fourth-order valence-electron chi connectivity index (χ4n) is 1.34. The second kappa shape index (κ2) is 9.03. The van der Waals surface area contributed by atoms with Gasteiger partial charge in [-0.1, -0.05) is 39.0 Å². The molecule has 0 aromatic rings. The minimum Gasteiger partial charge on any atom is -0.516 e. The Morgan fingerprint density at radius 1 is 1.07 bits per heavy atom. The molecule has 14 heavy (non-hydrogen) atoms. The Kier molecular flexibility index (Phi) is 8.68. The standard InChI is InChI=1S/C11H22O3/c1-2-3-4-5-6-7-10(13)11(14)8-9-12/h8-14H,2-7H2,1H3/b9-8+. The molecule has 3 heteroatoms. The monoisotopic (exact) mass is 202 g/mol. The summed E-state index contributed by atoms with van der Waals surface area (Å²) in [6, 6.07) is 0. The van der Waals surface area contributed by atoms with Crippen molar-refractivity contribution < 1.29 is 15.3 Å². The van der Waals surface area contributed by atoms with Gasteiger partial charge < -0.3 is 15.3 Å². The van der Waals surface area contributed by atoms with Gasteiger partial charge in [0, 0.05) is 0 Å². The van der Waals surface area contributed by atoms with Gasteiger partial charge in [-0.25, -0.2) is 0 Å². The van der Waals surface area contributed by atoms with Crippen molar-refractivity contribution in [3.63, 3.8) is 0 Å². The fraction of sp³-hybridized carbons (Fsp3) is 0.818. The minimum atomic E-state index is -0.939. The number of unbranched alkanes of at least 4 members (excludes halogenated alkanes) is 4. The predicted octanol–water partition coefficient (Wildman–Crippen LogP) is 2.14. The number of rotatable bonds is 8. The lowest BCUT2D eigenvalue weighted by atomic mass is 10.0. The van der Waals surface area contributed by atoms with Gasteiger partial charge in [0.1, 0.15) is 6.10 Å². The first kappa shape index (κ1) is 13.5. The van der Waals surface area contributed by atoms with Gasteiger partial charge in [0.15, 0.2) is 0 Å². The SMILES string of the molecule is CCCCCCCC(O)C(O)/C=C/O. The number of hydrogen-bond acceptors (Lipinski definition) is 3. The molecule has 0 spiro atoms. The molecule has 3 nitrogen and oxygen atoms in total. The molecule has 0 aliphatic carbocycles. The van der Waals surface area contributed by atoms with E-state index in [1.165, 1.54) is 25.3 Å². The third-order valence-corrected chi connectivity index (χ3v) is 2.28. The summed E-state index contributed by atoms with van der Waals surface area (Å²) >= 11 is 0. The fourth-order valence-corrected chi connectivity index (χ4v) is 1.34. The van der Waals surface area contributed by atoms with Crippen molar-refractivity contribution in [1.82, 2.24) is 0 Å². The van der Waals surface area contributed by atoms with E-state index in [1.807, 2.05) is 0 Å². The zero-order valence-corrected chi connectivity index (χ0v) is 8.89. The molecular formula is C11H22O3. The van der Waals surface area contributed by atoms with E-state index >= 15 is 0 Å². The van der Waals surface area contributed by atoms with Crippen LogP contribution in [-0.4, -0.2) is 27.5 Å². The molecule has 0 aliphatic rings. The maximum absolute atomic E-state index is 9.39. The van der Waals surface area contributed by atoms with Crippen molar-refractivity contribution in [3.8, 4) is 0 Å². The van der Waals surface area contributed by atoms with Crippen molar-refractivity contribution in [2.75, 3.05) is 0 Å². The molecule has 0 saturated heterocycles. The Morgan fingerprint density at radius 3 is 2.29 bits per heavy atom. The Labute approximate surface area is 86.1 Å². The summed E-state index contributed by atoms with van der Waals surface area (Å²) in [6.45, 7) is 2.16. The molecule has 0 saturated carbocycles. The predicted molar refractivity (Wildman–Crippen MR) is 57.2 cm³/mol. The van der Waals surface area contributed by atoms with E-state index in [-0.39, 0.29) is 0 Å². The summed E-state index contributed by atoms with van der Waals surface area (Å²) in [5.41, 5.74) is 0. The molecule has 0 rings (SSSR count). The first-order valence-electron chi connectivity index (χ1n) is 5.39. The van der Waals surface area contributed by atoms with Crippen molar-refractivity contribution in [1.29, 1.82) is 0 Å². The van der Waals surface area contributed by atoms with Crippen LogP contribution in [0.25, 0.3) is 0 Å². The molecule has 2 unspecified atom stereocenters. The van der Waals surface area contributed by atoms with Crippen LogP contribution in [0.3, 0.4) is 0 Å². The van der Waals surface area contributed by atoms with Gasteiger partial charge in [-0.15, -0.1) is 0 Å². The van der Waals surface area contributed by atoms with E-state index in [2.05, 4.69) is 6.92 Å². The summed E-state index contributed by atoms with van der Waals surface area (Å²) in [5.74, 6) is 0. The third-order valence-electron chi connectivity index (χ3n) is 2.28. The average Bonchev–Trinajstić information content (AvgIpc) is 2.17. The molecule has 0 aromatic heterocycles. The zero-order chi connectivity index (χ0) is 10.8. The van der Waals surface area contributed by atoms with Gasteiger partial charge in [0.05, 0.1) is 12.4 Å². The average molecular weight is 202 g/mol. The van der Waals surface area contributed by atoms with E-state index in [9.17, 15) is 10.2 Å². The third kappa shape index (κ3) is 6.92. The zero-order valence-electron chi connectivity index (χ0n) is 8.89. The minimum absolute atomic E-state index is 0.592. The number of hydrogen-bond donors (Lipinski definition) is 3. The highest BCUT2D eigenvalue weighted by Gasteiger charge is 2.12. The summed E-state index contributed by atoms with van der Waals surface area (Å²) < 4.78 is 0. The van der Waals surface area contributed by atoms with Crippen LogP contribution in [-0.2, 0) is 0 Å². The first-order chi connectivity index (χ1) is 6.72. The van der Waals surface area contributed by atoms with Gasteiger partial charge in [0.2, 0.25) is 0 Å². The molecule has 0 radical (unpaired) electrons. The summed E-state index contributed by atoms with van der Waals surface area (Å²) in [6.07, 6.45) is 6.52. The van der Waals surface area contributed by atoms with Crippen LogP contribution in [0.15, 0.2) is 12.3 Å². The molecular weight excluding hydrogens is 180 g/mol. The second-order valence-electron chi connectivity index (χ2n) is 3.60. The normalized spacial score (nSPS) is 15.9. The van der Waals surface area contributed by atoms with E-state index in [1.54, 1.807) is 0 Å². The van der Waals surface area contributed by atoms with Crippen molar-refractivity contribution in [2.45, 2.75) is 57.7 Å². The highest BCUT2D eigenvalue weighted by molar-refractivity contribution is 4.86. The topological polar surface area (TPSA) is 60.7 Å². The van der Waals surface area contributed by atoms with Crippen molar-refractivity contribution in [3.05, 3.63) is 12.3 Å². The van der Waals surface area contributed by atoms with Crippen LogP contribution in [0.1, 0.15) is 45.4 Å². The highest BCUT2D eigenvalue weighted by atomic mass is 16.3. The van der Waals surface area contributed by atoms with Crippen LogP contribution < -0.4 is 0 Å². The first-order valence-corrected chi connectivity index (χ1v) is 5.39. The number of aliphatic hydroxyl groups excluding tert-OH is 3. The molecule has 0 aromatic carbocycles. The van der Waals surface area contributed by atoms with Crippen LogP contribution in [0.5, 0.6) is 0 Å². The molecule has 84 valence electrons. The smallest absolute Gasteiger partial charge is 0.101 e. The second-order valence-corrected chi connectivity index (χ2v) is 3.60.